The fourth-order valence-corrected chi connectivity index (χ4v) is 4.54. The van der Waals surface area contributed by atoms with E-state index in [-0.39, 0.29) is 23.8 Å². The van der Waals surface area contributed by atoms with Gasteiger partial charge in [0.25, 0.3) is 5.91 Å². The second-order valence-corrected chi connectivity index (χ2v) is 8.57. The standard InChI is InChI=1S/C23H29N5O3/c1-3-8-28(16(2)24)15-21(29)27-9-5-23(6-10-27)12-18(23)13-26-22(30)19-11-17-4-7-25-14-20(17)31-19/h3-4,7-8,11,14,18,24H,5-6,9-10,12-13,15H2,1-2H3,(H,26,30)/b8-3-,24-16?. The van der Waals surface area contributed by atoms with Gasteiger partial charge in [-0.05, 0) is 56.6 Å². The molecule has 4 rings (SSSR count). The number of amidine groups is 1. The summed E-state index contributed by atoms with van der Waals surface area (Å²) >= 11 is 0. The van der Waals surface area contributed by atoms with Gasteiger partial charge in [0.15, 0.2) is 11.3 Å². The molecule has 2 aromatic heterocycles. The highest BCUT2D eigenvalue weighted by atomic mass is 16.3. The number of rotatable bonds is 6. The molecule has 1 saturated carbocycles. The van der Waals surface area contributed by atoms with Crippen molar-refractivity contribution in [2.45, 2.75) is 33.1 Å². The topological polar surface area (TPSA) is 103 Å². The molecule has 2 aliphatic rings. The fourth-order valence-electron chi connectivity index (χ4n) is 4.54. The van der Waals surface area contributed by atoms with Gasteiger partial charge in [-0.15, -0.1) is 0 Å². The molecule has 31 heavy (non-hydrogen) atoms. The summed E-state index contributed by atoms with van der Waals surface area (Å²) in [7, 11) is 0. The van der Waals surface area contributed by atoms with Gasteiger partial charge in [0, 0.05) is 37.4 Å². The van der Waals surface area contributed by atoms with Gasteiger partial charge in [-0.25, -0.2) is 0 Å². The van der Waals surface area contributed by atoms with Crippen molar-refractivity contribution in [1.82, 2.24) is 20.1 Å². The van der Waals surface area contributed by atoms with Gasteiger partial charge in [0.05, 0.1) is 12.0 Å². The Hall–Kier alpha value is -3.16. The largest absolute Gasteiger partial charge is 0.449 e. The second-order valence-electron chi connectivity index (χ2n) is 8.57. The molecule has 1 aliphatic carbocycles. The van der Waals surface area contributed by atoms with Crippen molar-refractivity contribution in [2.75, 3.05) is 26.2 Å². The van der Waals surface area contributed by atoms with E-state index in [0.717, 1.165) is 37.7 Å². The third-order valence-electron chi connectivity index (χ3n) is 6.59. The van der Waals surface area contributed by atoms with E-state index in [9.17, 15) is 9.59 Å². The molecule has 1 aliphatic heterocycles. The zero-order valence-electron chi connectivity index (χ0n) is 18.1. The lowest BCUT2D eigenvalue weighted by Crippen LogP contribution is -2.44. The van der Waals surface area contributed by atoms with E-state index in [2.05, 4.69) is 10.3 Å². The summed E-state index contributed by atoms with van der Waals surface area (Å²) in [6, 6.07) is 3.56. The Balaban J connectivity index is 1.24. The van der Waals surface area contributed by atoms with Crippen LogP contribution in [-0.2, 0) is 4.79 Å². The second kappa shape index (κ2) is 8.53. The van der Waals surface area contributed by atoms with Crippen molar-refractivity contribution in [2.24, 2.45) is 11.3 Å². The normalized spacial score (nSPS) is 19.7. The van der Waals surface area contributed by atoms with Crippen LogP contribution in [0.1, 0.15) is 43.7 Å². The fraction of sp³-hybridized carbons (Fsp3) is 0.478. The molecule has 2 aromatic rings. The van der Waals surface area contributed by atoms with Crippen molar-refractivity contribution < 1.29 is 14.0 Å². The van der Waals surface area contributed by atoms with Gasteiger partial charge in [0.1, 0.15) is 6.54 Å². The highest BCUT2D eigenvalue weighted by molar-refractivity contribution is 5.95. The van der Waals surface area contributed by atoms with Gasteiger partial charge >= 0.3 is 0 Å². The number of nitrogens with zero attached hydrogens (tertiary/aromatic N) is 3. The van der Waals surface area contributed by atoms with Crippen LogP contribution in [0.4, 0.5) is 0 Å². The molecule has 1 saturated heterocycles. The van der Waals surface area contributed by atoms with Crippen LogP contribution in [0.5, 0.6) is 0 Å². The van der Waals surface area contributed by atoms with Crippen LogP contribution >= 0.6 is 0 Å². The summed E-state index contributed by atoms with van der Waals surface area (Å²) in [4.78, 5) is 32.7. The van der Waals surface area contributed by atoms with E-state index < -0.39 is 0 Å². The minimum atomic E-state index is -0.197. The summed E-state index contributed by atoms with van der Waals surface area (Å²) in [6.07, 6.45) is 9.90. The number of hydrogen-bond acceptors (Lipinski definition) is 5. The number of allylic oxidation sites excluding steroid dienone is 1. The molecule has 1 spiro atoms. The molecule has 8 nitrogen and oxygen atoms in total. The molecular weight excluding hydrogens is 394 g/mol. The third-order valence-corrected chi connectivity index (χ3v) is 6.59. The number of piperidine rings is 1. The number of nitrogens with one attached hydrogen (secondary N) is 2. The van der Waals surface area contributed by atoms with Crippen LogP contribution in [0.15, 0.2) is 41.2 Å². The van der Waals surface area contributed by atoms with Crippen LogP contribution in [0.25, 0.3) is 11.0 Å². The van der Waals surface area contributed by atoms with E-state index >= 15 is 0 Å². The van der Waals surface area contributed by atoms with Gasteiger partial charge in [-0.3, -0.25) is 20.0 Å². The Morgan fingerprint density at radius 3 is 2.87 bits per heavy atom. The predicted molar refractivity (Wildman–Crippen MR) is 118 cm³/mol. The maximum absolute atomic E-state index is 12.6. The van der Waals surface area contributed by atoms with Crippen molar-refractivity contribution in [1.29, 1.82) is 5.41 Å². The first kappa shape index (κ1) is 21.1. The van der Waals surface area contributed by atoms with Gasteiger partial charge in [0.2, 0.25) is 5.91 Å². The lowest BCUT2D eigenvalue weighted by atomic mass is 9.90. The summed E-state index contributed by atoms with van der Waals surface area (Å²) < 4.78 is 5.58. The number of carbonyl (C=O) groups is 2. The minimum absolute atomic E-state index is 0.0597. The number of pyridine rings is 1. The zero-order chi connectivity index (χ0) is 22.0. The number of amides is 2. The van der Waals surface area contributed by atoms with E-state index in [4.69, 9.17) is 9.83 Å². The maximum atomic E-state index is 12.6. The minimum Gasteiger partial charge on any atom is -0.449 e. The summed E-state index contributed by atoms with van der Waals surface area (Å²) in [5.41, 5.74) is 0.848. The molecule has 3 heterocycles. The van der Waals surface area contributed by atoms with Crippen LogP contribution < -0.4 is 5.32 Å². The number of likely N-dealkylation sites (tertiary alicyclic amines) is 1. The number of aromatic nitrogens is 1. The summed E-state index contributed by atoms with van der Waals surface area (Å²) in [5.74, 6) is 0.980. The first-order chi connectivity index (χ1) is 14.9. The van der Waals surface area contributed by atoms with Crippen LogP contribution in [0.3, 0.4) is 0 Å². The summed E-state index contributed by atoms with van der Waals surface area (Å²) in [6.45, 7) is 5.87. The van der Waals surface area contributed by atoms with E-state index in [1.54, 1.807) is 36.5 Å². The van der Waals surface area contributed by atoms with Gasteiger partial charge in [-0.2, -0.15) is 0 Å². The Morgan fingerprint density at radius 2 is 2.19 bits per heavy atom. The molecule has 0 radical (unpaired) electrons. The average Bonchev–Trinajstić information content (AvgIpc) is 3.23. The van der Waals surface area contributed by atoms with Crippen molar-refractivity contribution >= 4 is 28.6 Å². The van der Waals surface area contributed by atoms with Crippen molar-refractivity contribution in [3.8, 4) is 0 Å². The van der Waals surface area contributed by atoms with Gasteiger partial charge in [-0.1, -0.05) is 6.08 Å². The predicted octanol–water partition coefficient (Wildman–Crippen LogP) is 3.02. The molecule has 2 fully saturated rings. The van der Waals surface area contributed by atoms with Crippen LogP contribution in [0, 0.1) is 16.7 Å². The first-order valence-electron chi connectivity index (χ1n) is 10.8. The zero-order valence-corrected chi connectivity index (χ0v) is 18.1. The third kappa shape index (κ3) is 4.47. The monoisotopic (exact) mass is 423 g/mol. The summed E-state index contributed by atoms with van der Waals surface area (Å²) in [5, 5.41) is 11.7. The van der Waals surface area contributed by atoms with E-state index in [0.29, 0.717) is 29.6 Å². The van der Waals surface area contributed by atoms with Crippen molar-refractivity contribution in [3.05, 3.63) is 42.6 Å². The number of hydrogen-bond donors (Lipinski definition) is 2. The average molecular weight is 424 g/mol. The maximum Gasteiger partial charge on any atom is 0.287 e. The Labute approximate surface area is 181 Å². The highest BCUT2D eigenvalue weighted by Gasteiger charge is 2.54. The Kier molecular flexibility index (Phi) is 5.80. The van der Waals surface area contributed by atoms with Crippen LogP contribution in [0.2, 0.25) is 0 Å². The lowest BCUT2D eigenvalue weighted by molar-refractivity contribution is -0.132. The first-order valence-corrected chi connectivity index (χ1v) is 10.8. The molecule has 1 unspecified atom stereocenters. The lowest BCUT2D eigenvalue weighted by Gasteiger charge is -2.34. The number of carbonyl (C=O) groups excluding carboxylic acids is 2. The number of fused-ring (bicyclic) bond motifs is 1. The van der Waals surface area contributed by atoms with E-state index in [1.807, 2.05) is 24.0 Å². The smallest absolute Gasteiger partial charge is 0.287 e. The molecule has 8 heteroatoms. The van der Waals surface area contributed by atoms with E-state index in [1.165, 1.54) is 0 Å². The van der Waals surface area contributed by atoms with Gasteiger partial charge < -0.3 is 19.5 Å². The quantitative estimate of drug-likeness (QED) is 0.549. The Bertz CT molecular complexity index is 986. The molecule has 2 amide bonds. The van der Waals surface area contributed by atoms with Crippen LogP contribution in [-0.4, -0.2) is 58.6 Å². The molecule has 2 N–H and O–H groups in total. The number of furan rings is 1. The van der Waals surface area contributed by atoms with Crippen molar-refractivity contribution in [3.63, 3.8) is 0 Å². The molecule has 1 atom stereocenters. The Morgan fingerprint density at radius 1 is 1.42 bits per heavy atom. The SMILES string of the molecule is C/C=C\N(CC(=O)N1CCC2(CC1)CC2CNC(=O)c1cc2ccncc2o1)C(C)=N. The molecule has 0 aromatic carbocycles. The molecule has 0 bridgehead atoms. The highest BCUT2D eigenvalue weighted by Crippen LogP contribution is 2.59. The molecule has 164 valence electrons. The molecular formula is C23H29N5O3.